The van der Waals surface area contributed by atoms with Gasteiger partial charge in [0, 0.05) is 24.8 Å². The molecule has 1 fully saturated rings. The van der Waals surface area contributed by atoms with Crippen LogP contribution in [0.3, 0.4) is 0 Å². The number of aromatic nitrogens is 2. The molecule has 1 atom stereocenters. The van der Waals surface area contributed by atoms with Gasteiger partial charge in [-0.1, -0.05) is 36.4 Å². The van der Waals surface area contributed by atoms with Crippen molar-refractivity contribution in [2.24, 2.45) is 0 Å². The molecule has 0 aliphatic carbocycles. The van der Waals surface area contributed by atoms with Gasteiger partial charge in [-0.05, 0) is 29.3 Å². The number of benzene rings is 2. The fourth-order valence-electron chi connectivity index (χ4n) is 3.25. The largest absolute Gasteiger partial charge is 0.338 e. The van der Waals surface area contributed by atoms with Gasteiger partial charge in [-0.25, -0.2) is 9.97 Å². The molecule has 2 heterocycles. The van der Waals surface area contributed by atoms with Crippen LogP contribution in [0.2, 0.25) is 0 Å². The van der Waals surface area contributed by atoms with Crippen LogP contribution in [0.1, 0.15) is 6.42 Å². The highest BCUT2D eigenvalue weighted by atomic mass is 32.2. The number of nitrogens with zero attached hydrogens (tertiary/aromatic N) is 3. The minimum atomic E-state index is -3.45. The van der Waals surface area contributed by atoms with Crippen LogP contribution >= 0.6 is 0 Å². The van der Waals surface area contributed by atoms with Gasteiger partial charge in [-0.15, -0.1) is 0 Å². The molecule has 0 saturated carbocycles. The zero-order valence-electron chi connectivity index (χ0n) is 14.4. The molecule has 0 N–H and O–H groups in total. The van der Waals surface area contributed by atoms with E-state index in [1.165, 1.54) is 5.39 Å². The second kappa shape index (κ2) is 6.66. The normalized spacial score (nSPS) is 17.7. The Labute approximate surface area is 152 Å². The minimum Gasteiger partial charge on any atom is -0.338 e. The first-order valence-corrected chi connectivity index (χ1v) is 10.2. The molecule has 0 unspecified atom stereocenters. The summed E-state index contributed by atoms with van der Waals surface area (Å²) >= 11 is 0. The number of anilines is 1. The zero-order valence-corrected chi connectivity index (χ0v) is 15.2. The summed E-state index contributed by atoms with van der Waals surface area (Å²) in [5, 5.41) is 2.35. The highest BCUT2D eigenvalue weighted by Crippen LogP contribution is 2.25. The highest BCUT2D eigenvalue weighted by molar-refractivity contribution is 7.86. The van der Waals surface area contributed by atoms with Crippen molar-refractivity contribution in [1.82, 2.24) is 9.97 Å². The second-order valence-corrected chi connectivity index (χ2v) is 8.06. The summed E-state index contributed by atoms with van der Waals surface area (Å²) in [4.78, 5) is 11.0. The average Bonchev–Trinajstić information content (AvgIpc) is 3.08. The molecule has 0 radical (unpaired) electrons. The highest BCUT2D eigenvalue weighted by Gasteiger charge is 2.27. The van der Waals surface area contributed by atoms with Crippen molar-refractivity contribution in [2.75, 3.05) is 24.2 Å². The SMILES string of the molecule is CS(=O)(=O)O[C@@H]1CCN(c2nccc(-c3ccc4ccccc4c3)n2)C1. The molecule has 7 heteroatoms. The van der Waals surface area contributed by atoms with Crippen LogP contribution < -0.4 is 4.90 Å². The van der Waals surface area contributed by atoms with Gasteiger partial charge in [-0.2, -0.15) is 8.42 Å². The molecule has 0 bridgehead atoms. The van der Waals surface area contributed by atoms with E-state index in [1.54, 1.807) is 6.20 Å². The first kappa shape index (κ1) is 16.9. The van der Waals surface area contributed by atoms with Crippen LogP contribution in [-0.4, -0.2) is 43.8 Å². The first-order chi connectivity index (χ1) is 12.5. The summed E-state index contributed by atoms with van der Waals surface area (Å²) in [6, 6.07) is 16.3. The van der Waals surface area contributed by atoms with E-state index in [9.17, 15) is 8.42 Å². The van der Waals surface area contributed by atoms with Crippen LogP contribution in [0.4, 0.5) is 5.95 Å². The molecule has 134 valence electrons. The molecule has 1 aliphatic heterocycles. The van der Waals surface area contributed by atoms with Gasteiger partial charge < -0.3 is 4.90 Å². The standard InChI is InChI=1S/C19H19N3O3S/c1-26(23,24)25-17-9-11-22(13-17)19-20-10-8-18(21-19)16-7-6-14-4-2-3-5-15(14)12-16/h2-8,10,12,17H,9,11,13H2,1H3/t17-/m1/s1. The van der Waals surface area contributed by atoms with Gasteiger partial charge in [-0.3, -0.25) is 4.18 Å². The molecule has 0 amide bonds. The fourth-order valence-corrected chi connectivity index (χ4v) is 3.90. The van der Waals surface area contributed by atoms with Crippen molar-refractivity contribution in [3.63, 3.8) is 0 Å². The van der Waals surface area contributed by atoms with Crippen LogP contribution in [-0.2, 0) is 14.3 Å². The third-order valence-corrected chi connectivity index (χ3v) is 5.05. The van der Waals surface area contributed by atoms with Crippen LogP contribution in [0.25, 0.3) is 22.0 Å². The topological polar surface area (TPSA) is 72.4 Å². The number of hydrogen-bond donors (Lipinski definition) is 0. The Kier molecular flexibility index (Phi) is 4.34. The maximum absolute atomic E-state index is 11.3. The van der Waals surface area contributed by atoms with E-state index in [0.717, 1.165) is 22.9 Å². The van der Waals surface area contributed by atoms with Crippen molar-refractivity contribution >= 4 is 26.8 Å². The maximum atomic E-state index is 11.3. The smallest absolute Gasteiger partial charge is 0.264 e. The Morgan fingerprint density at radius 2 is 1.92 bits per heavy atom. The zero-order chi connectivity index (χ0) is 18.1. The van der Waals surface area contributed by atoms with Gasteiger partial charge >= 0.3 is 0 Å². The summed E-state index contributed by atoms with van der Waals surface area (Å²) in [5.41, 5.74) is 1.86. The predicted octanol–water partition coefficient (Wildman–Crippen LogP) is 2.85. The van der Waals surface area contributed by atoms with Crippen LogP contribution in [0.15, 0.2) is 54.7 Å². The molecule has 1 aromatic heterocycles. The average molecular weight is 369 g/mol. The van der Waals surface area contributed by atoms with E-state index in [2.05, 4.69) is 34.2 Å². The van der Waals surface area contributed by atoms with E-state index in [4.69, 9.17) is 4.18 Å². The van der Waals surface area contributed by atoms with Gasteiger partial charge in [0.15, 0.2) is 0 Å². The minimum absolute atomic E-state index is 0.349. The number of rotatable bonds is 4. The fraction of sp³-hybridized carbons (Fsp3) is 0.263. The summed E-state index contributed by atoms with van der Waals surface area (Å²) in [6.45, 7) is 1.13. The third-order valence-electron chi connectivity index (χ3n) is 4.43. The molecule has 4 rings (SSSR count). The maximum Gasteiger partial charge on any atom is 0.264 e. The van der Waals surface area contributed by atoms with E-state index in [-0.39, 0.29) is 6.10 Å². The van der Waals surface area contributed by atoms with Crippen molar-refractivity contribution in [3.05, 3.63) is 54.7 Å². The lowest BCUT2D eigenvalue weighted by Crippen LogP contribution is -2.26. The summed E-state index contributed by atoms with van der Waals surface area (Å²) in [5.74, 6) is 0.593. The Bertz CT molecular complexity index is 1050. The Hall–Kier alpha value is -2.51. The Morgan fingerprint density at radius 1 is 1.12 bits per heavy atom. The predicted molar refractivity (Wildman–Crippen MR) is 102 cm³/mol. The van der Waals surface area contributed by atoms with Crippen molar-refractivity contribution in [3.8, 4) is 11.3 Å². The molecule has 6 nitrogen and oxygen atoms in total. The molecule has 0 spiro atoms. The van der Waals surface area contributed by atoms with E-state index >= 15 is 0 Å². The second-order valence-electron chi connectivity index (χ2n) is 6.46. The van der Waals surface area contributed by atoms with Crippen LogP contribution in [0.5, 0.6) is 0 Å². The van der Waals surface area contributed by atoms with Crippen LogP contribution in [0, 0.1) is 0 Å². The van der Waals surface area contributed by atoms with E-state index in [1.807, 2.05) is 29.2 Å². The monoisotopic (exact) mass is 369 g/mol. The first-order valence-electron chi connectivity index (χ1n) is 8.43. The summed E-state index contributed by atoms with van der Waals surface area (Å²) in [7, 11) is -3.45. The Balaban J connectivity index is 1.58. The lowest BCUT2D eigenvalue weighted by atomic mass is 10.1. The molecule has 26 heavy (non-hydrogen) atoms. The van der Waals surface area contributed by atoms with Gasteiger partial charge in [0.1, 0.15) is 0 Å². The lowest BCUT2D eigenvalue weighted by Gasteiger charge is -2.16. The molecular weight excluding hydrogens is 350 g/mol. The van der Waals surface area contributed by atoms with Crippen molar-refractivity contribution < 1.29 is 12.6 Å². The van der Waals surface area contributed by atoms with Crippen molar-refractivity contribution in [2.45, 2.75) is 12.5 Å². The van der Waals surface area contributed by atoms with Gasteiger partial charge in [0.2, 0.25) is 5.95 Å². The Morgan fingerprint density at radius 3 is 2.73 bits per heavy atom. The molecule has 1 aliphatic rings. The number of fused-ring (bicyclic) bond motifs is 1. The summed E-state index contributed by atoms with van der Waals surface area (Å²) in [6.07, 6.45) is 3.10. The van der Waals surface area contributed by atoms with Gasteiger partial charge in [0.05, 0.1) is 18.1 Å². The molecule has 1 saturated heterocycles. The van der Waals surface area contributed by atoms with E-state index < -0.39 is 10.1 Å². The molecule has 2 aromatic carbocycles. The quantitative estimate of drug-likeness (QED) is 0.659. The summed E-state index contributed by atoms with van der Waals surface area (Å²) < 4.78 is 27.7. The third kappa shape index (κ3) is 3.68. The van der Waals surface area contributed by atoms with E-state index in [0.29, 0.717) is 25.5 Å². The molecule has 3 aromatic rings. The lowest BCUT2D eigenvalue weighted by molar-refractivity contribution is 0.234. The number of hydrogen-bond acceptors (Lipinski definition) is 6. The molecular formula is C19H19N3O3S. The van der Waals surface area contributed by atoms with Gasteiger partial charge in [0.25, 0.3) is 10.1 Å². The van der Waals surface area contributed by atoms with Crippen molar-refractivity contribution in [1.29, 1.82) is 0 Å².